The predicted molar refractivity (Wildman–Crippen MR) is 63.0 cm³/mol. The Hall–Kier alpha value is -1.76. The summed E-state index contributed by atoms with van der Waals surface area (Å²) in [6, 6.07) is 4.94. The molecule has 16 heavy (non-hydrogen) atoms. The molecule has 1 aromatic carbocycles. The van der Waals surface area contributed by atoms with Crippen molar-refractivity contribution in [1.82, 2.24) is 0 Å². The van der Waals surface area contributed by atoms with E-state index in [2.05, 4.69) is 9.12 Å². The molecule has 1 aliphatic heterocycles. The molecule has 7 heteroatoms. The Morgan fingerprint density at radius 2 is 2.12 bits per heavy atom. The van der Waals surface area contributed by atoms with E-state index in [1.165, 1.54) is 7.11 Å². The Bertz CT molecular complexity index is 537. The third-order valence-corrected chi connectivity index (χ3v) is 2.87. The monoisotopic (exact) mass is 243 g/mol. The third kappa shape index (κ3) is 1.94. The second kappa shape index (κ2) is 4.01. The Morgan fingerprint density at radius 3 is 2.75 bits per heavy atom. The number of nitrogens with two attached hydrogens (primary N) is 1. The summed E-state index contributed by atoms with van der Waals surface area (Å²) in [4.78, 5) is 0. The van der Waals surface area contributed by atoms with Crippen LogP contribution in [0, 0.1) is 0 Å². The van der Waals surface area contributed by atoms with Gasteiger partial charge in [0.1, 0.15) is 5.75 Å². The molecule has 0 aliphatic carbocycles. The summed E-state index contributed by atoms with van der Waals surface area (Å²) in [5.74, 6) is 0.414. The lowest BCUT2D eigenvalue weighted by atomic mass is 10.1. The molecule has 0 radical (unpaired) electrons. The van der Waals surface area contributed by atoms with E-state index in [0.717, 1.165) is 0 Å². The number of nitrogens with one attached hydrogen (secondary N) is 1. The van der Waals surface area contributed by atoms with Crippen LogP contribution < -0.4 is 15.2 Å². The molecule has 0 saturated heterocycles. The van der Waals surface area contributed by atoms with E-state index in [1.807, 2.05) is 0 Å². The van der Waals surface area contributed by atoms with E-state index in [4.69, 9.17) is 10.5 Å². The number of hydrogen-bond donors (Lipinski definition) is 2. The standard InChI is InChI=1S/C8H9N3O3S.CH4/c1-14-6-4-2-3-5-7(6)8(9)11-15(12,13)10-5;/h2-4,10H,1H3,(H2,9,11);1H4. The van der Waals surface area contributed by atoms with Crippen LogP contribution in [0.1, 0.15) is 13.0 Å². The fraction of sp³-hybridized carbons (Fsp3) is 0.222. The van der Waals surface area contributed by atoms with Gasteiger partial charge in [0.2, 0.25) is 0 Å². The Morgan fingerprint density at radius 1 is 1.44 bits per heavy atom. The first-order valence-electron chi connectivity index (χ1n) is 4.09. The molecule has 2 rings (SSSR count). The lowest BCUT2D eigenvalue weighted by molar-refractivity contribution is 0.414. The first-order chi connectivity index (χ1) is 7.03. The molecule has 1 aliphatic rings. The maximum absolute atomic E-state index is 11.2. The Kier molecular flexibility index (Phi) is 3.09. The van der Waals surface area contributed by atoms with Crippen molar-refractivity contribution in [3.63, 3.8) is 0 Å². The van der Waals surface area contributed by atoms with Gasteiger partial charge in [0.25, 0.3) is 0 Å². The summed E-state index contributed by atoms with van der Waals surface area (Å²) >= 11 is 0. The van der Waals surface area contributed by atoms with Crippen LogP contribution in [-0.2, 0) is 10.2 Å². The quantitative estimate of drug-likeness (QED) is 0.759. The number of anilines is 1. The fourth-order valence-electron chi connectivity index (χ4n) is 1.39. The fourth-order valence-corrected chi connectivity index (χ4v) is 2.23. The topological polar surface area (TPSA) is 93.8 Å². The number of benzene rings is 1. The summed E-state index contributed by atoms with van der Waals surface area (Å²) in [6.07, 6.45) is 0. The SMILES string of the molecule is C.COc1cccc2c1C(N)=NS(=O)(=O)N2. The number of rotatable bonds is 1. The minimum Gasteiger partial charge on any atom is -0.496 e. The van der Waals surface area contributed by atoms with Gasteiger partial charge in [-0.2, -0.15) is 8.42 Å². The molecule has 0 atom stereocenters. The van der Waals surface area contributed by atoms with Crippen LogP contribution in [0.3, 0.4) is 0 Å². The van der Waals surface area contributed by atoms with Crippen molar-refractivity contribution < 1.29 is 13.2 Å². The van der Waals surface area contributed by atoms with Gasteiger partial charge in [-0.05, 0) is 12.1 Å². The van der Waals surface area contributed by atoms with Gasteiger partial charge >= 0.3 is 10.2 Å². The molecule has 6 nitrogen and oxygen atoms in total. The van der Waals surface area contributed by atoms with Crippen LogP contribution in [0.2, 0.25) is 0 Å². The van der Waals surface area contributed by atoms with Crippen LogP contribution in [0.25, 0.3) is 0 Å². The van der Waals surface area contributed by atoms with E-state index in [0.29, 0.717) is 17.0 Å². The highest BCUT2D eigenvalue weighted by atomic mass is 32.2. The van der Waals surface area contributed by atoms with Gasteiger partial charge in [0.15, 0.2) is 5.84 Å². The lowest BCUT2D eigenvalue weighted by Crippen LogP contribution is -2.26. The van der Waals surface area contributed by atoms with Gasteiger partial charge in [0.05, 0.1) is 18.4 Å². The number of methoxy groups -OCH3 is 1. The van der Waals surface area contributed by atoms with E-state index in [9.17, 15) is 8.42 Å². The Balaban J connectivity index is 0.00000128. The van der Waals surface area contributed by atoms with Crippen LogP contribution in [0.4, 0.5) is 5.69 Å². The molecular weight excluding hydrogens is 230 g/mol. The molecular formula is C9H13N3O3S. The molecule has 0 bridgehead atoms. The van der Waals surface area contributed by atoms with Crippen molar-refractivity contribution in [2.45, 2.75) is 7.43 Å². The number of fused-ring (bicyclic) bond motifs is 1. The minimum absolute atomic E-state index is 0. The summed E-state index contributed by atoms with van der Waals surface area (Å²) in [7, 11) is -2.23. The number of nitrogens with zero attached hydrogens (tertiary/aromatic N) is 1. The highest BCUT2D eigenvalue weighted by molar-refractivity contribution is 7.91. The first-order valence-corrected chi connectivity index (χ1v) is 5.53. The zero-order valence-corrected chi connectivity index (χ0v) is 8.71. The molecule has 1 aromatic rings. The normalized spacial score (nSPS) is 16.2. The predicted octanol–water partition coefficient (Wildman–Crippen LogP) is 0.707. The van der Waals surface area contributed by atoms with Crippen molar-refractivity contribution in [3.8, 4) is 5.75 Å². The van der Waals surface area contributed by atoms with Gasteiger partial charge in [-0.3, -0.25) is 4.72 Å². The lowest BCUT2D eigenvalue weighted by Gasteiger charge is -2.17. The van der Waals surface area contributed by atoms with Crippen LogP contribution >= 0.6 is 0 Å². The van der Waals surface area contributed by atoms with Crippen molar-refractivity contribution >= 4 is 21.7 Å². The molecule has 0 amide bonds. The highest BCUT2D eigenvalue weighted by Crippen LogP contribution is 2.29. The van der Waals surface area contributed by atoms with Crippen LogP contribution in [-0.4, -0.2) is 21.4 Å². The summed E-state index contributed by atoms with van der Waals surface area (Å²) in [5, 5.41) is 0. The molecule has 0 unspecified atom stereocenters. The maximum Gasteiger partial charge on any atom is 0.344 e. The van der Waals surface area contributed by atoms with Crippen LogP contribution in [0.5, 0.6) is 5.75 Å². The van der Waals surface area contributed by atoms with Crippen molar-refractivity contribution in [1.29, 1.82) is 0 Å². The number of hydrogen-bond acceptors (Lipinski definition) is 4. The zero-order valence-electron chi connectivity index (χ0n) is 7.89. The Labute approximate surface area is 94.3 Å². The summed E-state index contributed by atoms with van der Waals surface area (Å²) in [5.41, 5.74) is 6.39. The van der Waals surface area contributed by atoms with Gasteiger partial charge < -0.3 is 10.5 Å². The van der Waals surface area contributed by atoms with E-state index in [1.54, 1.807) is 18.2 Å². The average molecular weight is 243 g/mol. The molecule has 0 aromatic heterocycles. The largest absolute Gasteiger partial charge is 0.496 e. The smallest absolute Gasteiger partial charge is 0.344 e. The third-order valence-electron chi connectivity index (χ3n) is 1.96. The van der Waals surface area contributed by atoms with Gasteiger partial charge in [-0.1, -0.05) is 13.5 Å². The summed E-state index contributed by atoms with van der Waals surface area (Å²) in [6.45, 7) is 0. The molecule has 0 spiro atoms. The van der Waals surface area contributed by atoms with Crippen molar-refractivity contribution in [2.75, 3.05) is 11.8 Å². The molecule has 0 saturated carbocycles. The average Bonchev–Trinajstić information content (AvgIpc) is 2.14. The summed E-state index contributed by atoms with van der Waals surface area (Å²) < 4.78 is 33.1. The molecule has 88 valence electrons. The zero-order chi connectivity index (χ0) is 11.1. The van der Waals surface area contributed by atoms with E-state index >= 15 is 0 Å². The molecule has 1 heterocycles. The van der Waals surface area contributed by atoms with Crippen molar-refractivity contribution in [3.05, 3.63) is 23.8 Å². The van der Waals surface area contributed by atoms with E-state index < -0.39 is 10.2 Å². The highest BCUT2D eigenvalue weighted by Gasteiger charge is 2.23. The maximum atomic E-state index is 11.2. The second-order valence-corrected chi connectivity index (χ2v) is 4.27. The van der Waals surface area contributed by atoms with Gasteiger partial charge in [-0.15, -0.1) is 4.40 Å². The first kappa shape index (κ1) is 12.3. The van der Waals surface area contributed by atoms with Gasteiger partial charge in [-0.25, -0.2) is 0 Å². The minimum atomic E-state index is -3.71. The van der Waals surface area contributed by atoms with Crippen LogP contribution in [0.15, 0.2) is 22.6 Å². The van der Waals surface area contributed by atoms with Crippen molar-refractivity contribution in [2.24, 2.45) is 10.1 Å². The molecule has 0 fully saturated rings. The number of amidine groups is 1. The number of ether oxygens (including phenoxy) is 1. The second-order valence-electron chi connectivity index (χ2n) is 2.94. The van der Waals surface area contributed by atoms with Gasteiger partial charge in [0, 0.05) is 0 Å². The van der Waals surface area contributed by atoms with E-state index in [-0.39, 0.29) is 13.3 Å². The molecule has 3 N–H and O–H groups in total.